The number of esters is 2. The van der Waals surface area contributed by atoms with E-state index >= 15 is 0 Å². The molecule has 0 N–H and O–H groups in total. The summed E-state index contributed by atoms with van der Waals surface area (Å²) < 4.78 is 10.7. The molecule has 36 heavy (non-hydrogen) atoms. The van der Waals surface area contributed by atoms with Crippen molar-refractivity contribution in [3.8, 4) is 0 Å². The normalized spacial score (nSPS) is 13.2. The average Bonchev–Trinajstić information content (AvgIpc) is 2.82. The summed E-state index contributed by atoms with van der Waals surface area (Å²) in [6.45, 7) is 14.0. The van der Waals surface area contributed by atoms with Crippen molar-refractivity contribution in [1.82, 2.24) is 0 Å². The molecule has 0 heterocycles. The molecular formula is C32H62O4. The maximum Gasteiger partial charge on any atom is 0.308 e. The van der Waals surface area contributed by atoms with E-state index in [0.717, 1.165) is 32.1 Å². The van der Waals surface area contributed by atoms with Crippen LogP contribution in [-0.2, 0) is 19.1 Å². The summed E-state index contributed by atoms with van der Waals surface area (Å²) in [6, 6.07) is 0. The van der Waals surface area contributed by atoms with Crippen LogP contribution in [0, 0.1) is 23.7 Å². The number of carbonyl (C=O) groups is 2. The molecule has 0 spiro atoms. The summed E-state index contributed by atoms with van der Waals surface area (Å²) in [5, 5.41) is 0. The van der Waals surface area contributed by atoms with Gasteiger partial charge in [-0.3, -0.25) is 9.59 Å². The summed E-state index contributed by atoms with van der Waals surface area (Å²) in [6.07, 6.45) is 21.6. The van der Waals surface area contributed by atoms with E-state index in [9.17, 15) is 9.59 Å². The molecule has 0 aromatic heterocycles. The number of rotatable bonds is 25. The third-order valence-corrected chi connectivity index (χ3v) is 7.41. The van der Waals surface area contributed by atoms with Crippen LogP contribution in [-0.4, -0.2) is 25.2 Å². The molecule has 0 aliphatic carbocycles. The first-order valence-electron chi connectivity index (χ1n) is 15.6. The molecule has 2 atom stereocenters. The Kier molecular flexibility index (Phi) is 23.6. The van der Waals surface area contributed by atoms with E-state index < -0.39 is 0 Å². The number of hydrogen-bond donors (Lipinski definition) is 0. The second-order valence-electron chi connectivity index (χ2n) is 12.0. The molecular weight excluding hydrogens is 448 g/mol. The van der Waals surface area contributed by atoms with Crippen LogP contribution in [0.15, 0.2) is 0 Å². The average molecular weight is 511 g/mol. The van der Waals surface area contributed by atoms with Gasteiger partial charge in [-0.25, -0.2) is 0 Å². The lowest BCUT2D eigenvalue weighted by Crippen LogP contribution is -2.22. The maximum atomic E-state index is 12.2. The van der Waals surface area contributed by atoms with Crippen LogP contribution in [0.5, 0.6) is 0 Å². The van der Waals surface area contributed by atoms with Crippen molar-refractivity contribution in [3.63, 3.8) is 0 Å². The zero-order valence-electron chi connectivity index (χ0n) is 25.1. The van der Waals surface area contributed by atoms with Crippen LogP contribution < -0.4 is 0 Å². The molecule has 0 aliphatic rings. The molecule has 0 amide bonds. The maximum absolute atomic E-state index is 12.2. The minimum absolute atomic E-state index is 0.0142. The number of hydrogen-bond acceptors (Lipinski definition) is 4. The highest BCUT2D eigenvalue weighted by molar-refractivity contribution is 5.72. The van der Waals surface area contributed by atoms with E-state index in [2.05, 4.69) is 34.6 Å². The predicted octanol–water partition coefficient (Wildman–Crippen LogP) is 9.68. The molecule has 0 saturated heterocycles. The van der Waals surface area contributed by atoms with Crippen LogP contribution in [0.3, 0.4) is 0 Å². The minimum Gasteiger partial charge on any atom is -0.466 e. The van der Waals surface area contributed by atoms with Crippen LogP contribution in [0.1, 0.15) is 157 Å². The molecule has 0 aromatic carbocycles. The van der Waals surface area contributed by atoms with Gasteiger partial charge in [0.2, 0.25) is 0 Å². The standard InChI is InChI=1S/C32H62O4/c1-27(2)23-25-35-31(33)22-20-18-16-14-12-10-8-7-9-11-13-15-17-19-21-29(5)30(6)32(34)36-26-24-28(3)4/h27-30H,7-26H2,1-6H3. The predicted molar refractivity (Wildman–Crippen MR) is 153 cm³/mol. The van der Waals surface area contributed by atoms with Gasteiger partial charge in [-0.05, 0) is 43.4 Å². The zero-order chi connectivity index (χ0) is 27.0. The van der Waals surface area contributed by atoms with Gasteiger partial charge in [0.25, 0.3) is 0 Å². The van der Waals surface area contributed by atoms with Crippen molar-refractivity contribution in [2.24, 2.45) is 23.7 Å². The van der Waals surface area contributed by atoms with E-state index in [1.165, 1.54) is 77.0 Å². The smallest absolute Gasteiger partial charge is 0.308 e. The SMILES string of the molecule is CC(C)CCOC(=O)CCCCCCCCCCCCCCCCC(C)C(C)C(=O)OCCC(C)C. The van der Waals surface area contributed by atoms with Gasteiger partial charge in [0, 0.05) is 6.42 Å². The van der Waals surface area contributed by atoms with Gasteiger partial charge < -0.3 is 9.47 Å². The minimum atomic E-state index is -0.0192. The molecule has 0 aliphatic heterocycles. The van der Waals surface area contributed by atoms with Crippen molar-refractivity contribution in [3.05, 3.63) is 0 Å². The fourth-order valence-electron chi connectivity index (χ4n) is 4.35. The number of ether oxygens (including phenoxy) is 2. The Bertz CT molecular complexity index is 514. The van der Waals surface area contributed by atoms with Gasteiger partial charge in [0.1, 0.15) is 0 Å². The second-order valence-corrected chi connectivity index (χ2v) is 12.0. The molecule has 0 saturated carbocycles. The first kappa shape index (κ1) is 34.9. The Morgan fingerprint density at radius 3 is 1.33 bits per heavy atom. The number of carbonyl (C=O) groups excluding carboxylic acids is 2. The second kappa shape index (κ2) is 24.3. The van der Waals surface area contributed by atoms with Gasteiger partial charge in [-0.15, -0.1) is 0 Å². The Hall–Kier alpha value is -1.06. The third kappa shape index (κ3) is 23.3. The fourth-order valence-corrected chi connectivity index (χ4v) is 4.35. The largest absolute Gasteiger partial charge is 0.466 e. The summed E-state index contributed by atoms with van der Waals surface area (Å²) >= 11 is 0. The lowest BCUT2D eigenvalue weighted by molar-refractivity contribution is -0.150. The van der Waals surface area contributed by atoms with Gasteiger partial charge in [0.05, 0.1) is 19.1 Å². The zero-order valence-corrected chi connectivity index (χ0v) is 25.1. The topological polar surface area (TPSA) is 52.6 Å². The van der Waals surface area contributed by atoms with Crippen LogP contribution in [0.2, 0.25) is 0 Å². The van der Waals surface area contributed by atoms with Crippen LogP contribution in [0.25, 0.3) is 0 Å². The lowest BCUT2D eigenvalue weighted by atomic mass is 9.90. The molecule has 0 bridgehead atoms. The number of unbranched alkanes of at least 4 members (excludes halogenated alkanes) is 13. The molecule has 4 heteroatoms. The van der Waals surface area contributed by atoms with Crippen molar-refractivity contribution in [2.45, 2.75) is 157 Å². The Morgan fingerprint density at radius 2 is 0.889 bits per heavy atom. The quantitative estimate of drug-likeness (QED) is 0.0906. The summed E-state index contributed by atoms with van der Waals surface area (Å²) in [4.78, 5) is 23.8. The highest BCUT2D eigenvalue weighted by atomic mass is 16.5. The Morgan fingerprint density at radius 1 is 0.500 bits per heavy atom. The third-order valence-electron chi connectivity index (χ3n) is 7.41. The van der Waals surface area contributed by atoms with E-state index in [4.69, 9.17) is 9.47 Å². The molecule has 0 aromatic rings. The van der Waals surface area contributed by atoms with Crippen LogP contribution in [0.4, 0.5) is 0 Å². The van der Waals surface area contributed by atoms with Crippen LogP contribution >= 0.6 is 0 Å². The summed E-state index contributed by atoms with van der Waals surface area (Å²) in [5.41, 5.74) is 0. The molecule has 0 rings (SSSR count). The molecule has 214 valence electrons. The summed E-state index contributed by atoms with van der Waals surface area (Å²) in [5.74, 6) is 1.56. The van der Waals surface area contributed by atoms with E-state index in [1.807, 2.05) is 6.92 Å². The van der Waals surface area contributed by atoms with Gasteiger partial charge in [-0.2, -0.15) is 0 Å². The lowest BCUT2D eigenvalue weighted by Gasteiger charge is -2.19. The van der Waals surface area contributed by atoms with E-state index in [0.29, 0.717) is 37.4 Å². The van der Waals surface area contributed by atoms with Gasteiger partial charge >= 0.3 is 11.9 Å². The summed E-state index contributed by atoms with van der Waals surface area (Å²) in [7, 11) is 0. The Labute approximate surface area is 225 Å². The molecule has 0 fully saturated rings. The van der Waals surface area contributed by atoms with Crippen molar-refractivity contribution < 1.29 is 19.1 Å². The van der Waals surface area contributed by atoms with E-state index in [1.54, 1.807) is 0 Å². The molecule has 0 radical (unpaired) electrons. The monoisotopic (exact) mass is 510 g/mol. The Balaban J connectivity index is 3.37. The van der Waals surface area contributed by atoms with E-state index in [-0.39, 0.29) is 17.9 Å². The first-order valence-corrected chi connectivity index (χ1v) is 15.6. The van der Waals surface area contributed by atoms with Crippen molar-refractivity contribution in [1.29, 1.82) is 0 Å². The highest BCUT2D eigenvalue weighted by Gasteiger charge is 2.21. The van der Waals surface area contributed by atoms with Gasteiger partial charge in [-0.1, -0.05) is 125 Å². The first-order chi connectivity index (χ1) is 17.2. The molecule has 4 nitrogen and oxygen atoms in total. The van der Waals surface area contributed by atoms with Gasteiger partial charge in [0.15, 0.2) is 0 Å². The van der Waals surface area contributed by atoms with Crippen molar-refractivity contribution >= 4 is 11.9 Å². The fraction of sp³-hybridized carbons (Fsp3) is 0.938. The highest BCUT2D eigenvalue weighted by Crippen LogP contribution is 2.21. The van der Waals surface area contributed by atoms with Crippen molar-refractivity contribution in [2.75, 3.05) is 13.2 Å². The molecule has 2 unspecified atom stereocenters.